The fraction of sp³-hybridized carbons (Fsp3) is 0.500. The fourth-order valence-corrected chi connectivity index (χ4v) is 0.626. The van der Waals surface area contributed by atoms with Crippen molar-refractivity contribution in [2.45, 2.75) is 19.8 Å². The van der Waals surface area contributed by atoms with Gasteiger partial charge in [0.2, 0.25) is 5.91 Å². The molecule has 0 aromatic rings. The summed E-state index contributed by atoms with van der Waals surface area (Å²) in [4.78, 5) is 21.1. The topological polar surface area (TPSA) is 66.4 Å². The summed E-state index contributed by atoms with van der Waals surface area (Å²) >= 11 is 0. The maximum atomic E-state index is 11.0. The van der Waals surface area contributed by atoms with E-state index in [4.69, 9.17) is 5.11 Å². The largest absolute Gasteiger partial charge is 0.481 e. The van der Waals surface area contributed by atoms with E-state index in [1.54, 1.807) is 0 Å². The van der Waals surface area contributed by atoms with Crippen molar-refractivity contribution in [3.05, 3.63) is 12.2 Å². The molecular formula is C8H13NO3. The molecule has 0 heterocycles. The second-order valence-electron chi connectivity index (χ2n) is 2.43. The Labute approximate surface area is 71.3 Å². The van der Waals surface area contributed by atoms with E-state index < -0.39 is 5.97 Å². The molecule has 0 saturated carbocycles. The number of carboxylic acids is 1. The number of carbonyl (C=O) groups is 2. The molecule has 0 rings (SSSR count). The molecule has 0 saturated heterocycles. The summed E-state index contributed by atoms with van der Waals surface area (Å²) in [6, 6.07) is 0. The smallest absolute Gasteiger partial charge is 0.308 e. The third kappa shape index (κ3) is 4.49. The van der Waals surface area contributed by atoms with E-state index in [-0.39, 0.29) is 17.9 Å². The highest BCUT2D eigenvalue weighted by Gasteiger charge is 2.08. The van der Waals surface area contributed by atoms with Gasteiger partial charge in [-0.15, -0.1) is 0 Å². The number of hydrogen-bond donors (Lipinski definition) is 2. The van der Waals surface area contributed by atoms with E-state index in [9.17, 15) is 9.59 Å². The van der Waals surface area contributed by atoms with E-state index in [1.807, 2.05) is 6.92 Å². The summed E-state index contributed by atoms with van der Waals surface area (Å²) in [5.74, 6) is -1.41. The summed E-state index contributed by atoms with van der Waals surface area (Å²) < 4.78 is 0. The Kier molecular flexibility index (Phi) is 4.76. The number of hydrogen-bond acceptors (Lipinski definition) is 2. The molecule has 0 unspecified atom stereocenters. The van der Waals surface area contributed by atoms with E-state index in [0.29, 0.717) is 6.54 Å². The molecular weight excluding hydrogens is 158 g/mol. The third-order valence-electron chi connectivity index (χ3n) is 1.22. The third-order valence-corrected chi connectivity index (χ3v) is 1.22. The molecule has 0 spiro atoms. The van der Waals surface area contributed by atoms with Crippen LogP contribution in [0.3, 0.4) is 0 Å². The van der Waals surface area contributed by atoms with Gasteiger partial charge in [-0.1, -0.05) is 13.5 Å². The SMILES string of the molecule is C=C(CC(=O)O)C(=O)NCCC. The van der Waals surface area contributed by atoms with E-state index in [2.05, 4.69) is 11.9 Å². The predicted octanol–water partition coefficient (Wildman–Crippen LogP) is 0.543. The first-order valence-electron chi connectivity index (χ1n) is 3.75. The summed E-state index contributed by atoms with van der Waals surface area (Å²) in [7, 11) is 0. The van der Waals surface area contributed by atoms with Gasteiger partial charge < -0.3 is 10.4 Å². The van der Waals surface area contributed by atoms with E-state index >= 15 is 0 Å². The van der Waals surface area contributed by atoms with Crippen molar-refractivity contribution in [2.75, 3.05) is 6.54 Å². The zero-order valence-corrected chi connectivity index (χ0v) is 7.09. The van der Waals surface area contributed by atoms with Crippen LogP contribution >= 0.6 is 0 Å². The molecule has 0 aromatic carbocycles. The molecule has 0 atom stereocenters. The van der Waals surface area contributed by atoms with Crippen molar-refractivity contribution in [3.63, 3.8) is 0 Å². The molecule has 0 bridgehead atoms. The average molecular weight is 171 g/mol. The number of nitrogens with one attached hydrogen (secondary N) is 1. The molecule has 0 fully saturated rings. The minimum absolute atomic E-state index is 0.0935. The Morgan fingerprint density at radius 1 is 1.50 bits per heavy atom. The van der Waals surface area contributed by atoms with Crippen LogP contribution in [-0.2, 0) is 9.59 Å². The zero-order chi connectivity index (χ0) is 9.56. The van der Waals surface area contributed by atoms with Crippen LogP contribution in [0.2, 0.25) is 0 Å². The average Bonchev–Trinajstić information content (AvgIpc) is 1.98. The van der Waals surface area contributed by atoms with Crippen LogP contribution in [-0.4, -0.2) is 23.5 Å². The van der Waals surface area contributed by atoms with E-state index in [0.717, 1.165) is 6.42 Å². The molecule has 1 amide bonds. The van der Waals surface area contributed by atoms with Crippen molar-refractivity contribution >= 4 is 11.9 Å². The van der Waals surface area contributed by atoms with Crippen LogP contribution < -0.4 is 5.32 Å². The fourth-order valence-electron chi connectivity index (χ4n) is 0.626. The van der Waals surface area contributed by atoms with E-state index in [1.165, 1.54) is 0 Å². The highest BCUT2D eigenvalue weighted by Crippen LogP contribution is 1.96. The van der Waals surface area contributed by atoms with Crippen LogP contribution in [0.25, 0.3) is 0 Å². The van der Waals surface area contributed by atoms with Gasteiger partial charge >= 0.3 is 5.97 Å². The van der Waals surface area contributed by atoms with Gasteiger partial charge in [-0.25, -0.2) is 0 Å². The van der Waals surface area contributed by atoms with Crippen LogP contribution in [0.5, 0.6) is 0 Å². The van der Waals surface area contributed by atoms with Gasteiger partial charge in [0, 0.05) is 12.1 Å². The van der Waals surface area contributed by atoms with Gasteiger partial charge in [0.25, 0.3) is 0 Å². The van der Waals surface area contributed by atoms with Gasteiger partial charge in [0.1, 0.15) is 0 Å². The van der Waals surface area contributed by atoms with Gasteiger partial charge in [0.15, 0.2) is 0 Å². The Hall–Kier alpha value is -1.32. The van der Waals surface area contributed by atoms with Crippen molar-refractivity contribution in [1.82, 2.24) is 5.32 Å². The lowest BCUT2D eigenvalue weighted by molar-refractivity contribution is -0.137. The molecule has 12 heavy (non-hydrogen) atoms. The molecule has 0 aliphatic heterocycles. The lowest BCUT2D eigenvalue weighted by Crippen LogP contribution is -2.26. The standard InChI is InChI=1S/C8H13NO3/c1-3-4-9-8(12)6(2)5-7(10)11/h2-5H2,1H3,(H,9,12)(H,10,11). The highest BCUT2D eigenvalue weighted by molar-refractivity contribution is 5.96. The Bertz CT molecular complexity index is 198. The molecule has 4 nitrogen and oxygen atoms in total. The normalized spacial score (nSPS) is 9.08. The maximum absolute atomic E-state index is 11.0. The van der Waals surface area contributed by atoms with Gasteiger partial charge in [0.05, 0.1) is 6.42 Å². The monoisotopic (exact) mass is 171 g/mol. The predicted molar refractivity (Wildman–Crippen MR) is 44.7 cm³/mol. The lowest BCUT2D eigenvalue weighted by atomic mass is 10.2. The zero-order valence-electron chi connectivity index (χ0n) is 7.09. The summed E-state index contributed by atoms with van der Waals surface area (Å²) in [6.07, 6.45) is 0.529. The van der Waals surface area contributed by atoms with Crippen molar-refractivity contribution in [2.24, 2.45) is 0 Å². The van der Waals surface area contributed by atoms with Crippen LogP contribution in [0.15, 0.2) is 12.2 Å². The second kappa shape index (κ2) is 5.35. The second-order valence-corrected chi connectivity index (χ2v) is 2.43. The molecule has 0 aliphatic carbocycles. The molecule has 0 radical (unpaired) electrons. The molecule has 68 valence electrons. The summed E-state index contributed by atoms with van der Waals surface area (Å²) in [5, 5.41) is 10.9. The Morgan fingerprint density at radius 2 is 2.08 bits per heavy atom. The number of aliphatic carboxylic acids is 1. The van der Waals surface area contributed by atoms with Crippen LogP contribution in [0, 0.1) is 0 Å². The molecule has 0 aromatic heterocycles. The quantitative estimate of drug-likeness (QED) is 0.593. The first kappa shape index (κ1) is 10.7. The highest BCUT2D eigenvalue weighted by atomic mass is 16.4. The first-order valence-corrected chi connectivity index (χ1v) is 3.75. The van der Waals surface area contributed by atoms with Gasteiger partial charge in [-0.05, 0) is 6.42 Å². The summed E-state index contributed by atoms with van der Waals surface area (Å²) in [6.45, 7) is 5.82. The Balaban J connectivity index is 3.77. The minimum atomic E-state index is -1.04. The summed E-state index contributed by atoms with van der Waals surface area (Å²) in [5.41, 5.74) is 0.0935. The molecule has 2 N–H and O–H groups in total. The number of carboxylic acid groups (broad SMARTS) is 1. The van der Waals surface area contributed by atoms with Crippen LogP contribution in [0.1, 0.15) is 19.8 Å². The lowest BCUT2D eigenvalue weighted by Gasteiger charge is -2.03. The van der Waals surface area contributed by atoms with Crippen molar-refractivity contribution < 1.29 is 14.7 Å². The maximum Gasteiger partial charge on any atom is 0.308 e. The van der Waals surface area contributed by atoms with Gasteiger partial charge in [-0.3, -0.25) is 9.59 Å². The Morgan fingerprint density at radius 3 is 2.50 bits per heavy atom. The van der Waals surface area contributed by atoms with Gasteiger partial charge in [-0.2, -0.15) is 0 Å². The minimum Gasteiger partial charge on any atom is -0.481 e. The molecule has 4 heteroatoms. The van der Waals surface area contributed by atoms with Crippen LogP contribution in [0.4, 0.5) is 0 Å². The first-order chi connectivity index (χ1) is 5.57. The number of rotatable bonds is 5. The number of amides is 1. The molecule has 0 aliphatic rings. The van der Waals surface area contributed by atoms with Crippen molar-refractivity contribution in [3.8, 4) is 0 Å². The number of carbonyl (C=O) groups excluding carboxylic acids is 1. The van der Waals surface area contributed by atoms with Crippen molar-refractivity contribution in [1.29, 1.82) is 0 Å².